The van der Waals surface area contributed by atoms with E-state index in [1.54, 1.807) is 0 Å². The zero-order valence-corrected chi connectivity index (χ0v) is 4.46. The SMILES string of the molecule is N#CCOC1COC1. The van der Waals surface area contributed by atoms with Gasteiger partial charge in [0, 0.05) is 0 Å². The lowest BCUT2D eigenvalue weighted by atomic mass is 10.3. The molecule has 1 aliphatic heterocycles. The normalized spacial score (nSPS) is 19.4. The molecule has 1 rings (SSSR count). The van der Waals surface area contributed by atoms with Crippen LogP contribution in [0.25, 0.3) is 0 Å². The summed E-state index contributed by atoms with van der Waals surface area (Å²) in [5.41, 5.74) is 0. The molecular formula is C5H7NO2. The van der Waals surface area contributed by atoms with Gasteiger partial charge < -0.3 is 9.47 Å². The maximum Gasteiger partial charge on any atom is 0.134 e. The Kier molecular flexibility index (Phi) is 1.84. The average molecular weight is 113 g/mol. The predicted molar refractivity (Wildman–Crippen MR) is 26.2 cm³/mol. The van der Waals surface area contributed by atoms with Crippen molar-refractivity contribution in [3.63, 3.8) is 0 Å². The van der Waals surface area contributed by atoms with Crippen LogP contribution in [0.15, 0.2) is 0 Å². The van der Waals surface area contributed by atoms with E-state index in [1.165, 1.54) is 0 Å². The van der Waals surface area contributed by atoms with Crippen molar-refractivity contribution in [3.05, 3.63) is 0 Å². The van der Waals surface area contributed by atoms with Gasteiger partial charge in [-0.2, -0.15) is 5.26 Å². The monoisotopic (exact) mass is 113 g/mol. The fraction of sp³-hybridized carbons (Fsp3) is 0.800. The third-order valence-corrected chi connectivity index (χ3v) is 0.991. The van der Waals surface area contributed by atoms with Gasteiger partial charge in [0.05, 0.1) is 19.3 Å². The smallest absolute Gasteiger partial charge is 0.134 e. The third-order valence-electron chi connectivity index (χ3n) is 0.991. The maximum atomic E-state index is 8.02. The quantitative estimate of drug-likeness (QED) is 0.503. The number of rotatable bonds is 2. The van der Waals surface area contributed by atoms with E-state index in [9.17, 15) is 0 Å². The summed E-state index contributed by atoms with van der Waals surface area (Å²) in [7, 11) is 0. The molecule has 0 unspecified atom stereocenters. The van der Waals surface area contributed by atoms with E-state index in [2.05, 4.69) is 0 Å². The Labute approximate surface area is 47.8 Å². The first-order valence-electron chi connectivity index (χ1n) is 2.50. The van der Waals surface area contributed by atoms with Crippen molar-refractivity contribution in [2.75, 3.05) is 19.8 Å². The van der Waals surface area contributed by atoms with Crippen molar-refractivity contribution in [1.29, 1.82) is 5.26 Å². The summed E-state index contributed by atoms with van der Waals surface area (Å²) >= 11 is 0. The zero-order chi connectivity index (χ0) is 5.82. The van der Waals surface area contributed by atoms with Crippen LogP contribution in [0.2, 0.25) is 0 Å². The molecule has 3 heteroatoms. The molecule has 1 aliphatic rings. The fourth-order valence-corrected chi connectivity index (χ4v) is 0.465. The first-order chi connectivity index (χ1) is 3.93. The van der Waals surface area contributed by atoms with Gasteiger partial charge in [0.1, 0.15) is 12.7 Å². The number of hydrogen-bond donors (Lipinski definition) is 0. The lowest BCUT2D eigenvalue weighted by Gasteiger charge is -2.24. The molecule has 1 heterocycles. The third kappa shape index (κ3) is 1.19. The van der Waals surface area contributed by atoms with Crippen molar-refractivity contribution in [2.45, 2.75) is 6.10 Å². The number of hydrogen-bond acceptors (Lipinski definition) is 3. The first-order valence-corrected chi connectivity index (χ1v) is 2.50. The van der Waals surface area contributed by atoms with Gasteiger partial charge in [-0.05, 0) is 0 Å². The van der Waals surface area contributed by atoms with Crippen LogP contribution in [0, 0.1) is 11.3 Å². The molecule has 8 heavy (non-hydrogen) atoms. The second-order valence-corrected chi connectivity index (χ2v) is 1.63. The Balaban J connectivity index is 1.95. The minimum atomic E-state index is 0.189. The minimum absolute atomic E-state index is 0.189. The highest BCUT2D eigenvalue weighted by atomic mass is 16.6. The van der Waals surface area contributed by atoms with Crippen molar-refractivity contribution >= 4 is 0 Å². The van der Waals surface area contributed by atoms with Crippen molar-refractivity contribution < 1.29 is 9.47 Å². The summed E-state index contributed by atoms with van der Waals surface area (Å²) in [5, 5.41) is 8.02. The Hall–Kier alpha value is -0.590. The summed E-state index contributed by atoms with van der Waals surface area (Å²) in [6.07, 6.45) is 0.189. The van der Waals surface area contributed by atoms with Crippen molar-refractivity contribution in [3.8, 4) is 6.07 Å². The fourth-order valence-electron chi connectivity index (χ4n) is 0.465. The largest absolute Gasteiger partial charge is 0.376 e. The summed E-state index contributed by atoms with van der Waals surface area (Å²) in [6, 6.07) is 1.89. The summed E-state index contributed by atoms with van der Waals surface area (Å²) in [5.74, 6) is 0. The van der Waals surface area contributed by atoms with Gasteiger partial charge in [0.2, 0.25) is 0 Å². The molecule has 0 aromatic carbocycles. The highest BCUT2D eigenvalue weighted by Crippen LogP contribution is 2.03. The van der Waals surface area contributed by atoms with Crippen LogP contribution >= 0.6 is 0 Å². The molecule has 0 aliphatic carbocycles. The molecule has 1 fully saturated rings. The molecular weight excluding hydrogens is 106 g/mol. The molecule has 44 valence electrons. The van der Waals surface area contributed by atoms with Gasteiger partial charge in [-0.1, -0.05) is 0 Å². The Bertz CT molecular complexity index is 103. The first kappa shape index (κ1) is 5.54. The molecule has 0 radical (unpaired) electrons. The van der Waals surface area contributed by atoms with Crippen molar-refractivity contribution in [2.24, 2.45) is 0 Å². The summed E-state index contributed by atoms with van der Waals surface area (Å²) in [4.78, 5) is 0. The average Bonchev–Trinajstić information content (AvgIpc) is 1.63. The lowest BCUT2D eigenvalue weighted by Crippen LogP contribution is -2.36. The van der Waals surface area contributed by atoms with Crippen LogP contribution in [0.5, 0.6) is 0 Å². The van der Waals surface area contributed by atoms with Gasteiger partial charge in [0.25, 0.3) is 0 Å². The molecule has 0 N–H and O–H groups in total. The van der Waals surface area contributed by atoms with Crippen LogP contribution in [0.4, 0.5) is 0 Å². The zero-order valence-electron chi connectivity index (χ0n) is 4.46. The van der Waals surface area contributed by atoms with Crippen molar-refractivity contribution in [1.82, 2.24) is 0 Å². The van der Waals surface area contributed by atoms with Crippen LogP contribution < -0.4 is 0 Å². The predicted octanol–water partition coefficient (Wildman–Crippen LogP) is -0.0746. The Morgan fingerprint density at radius 1 is 1.75 bits per heavy atom. The number of ether oxygens (including phenoxy) is 2. The van der Waals surface area contributed by atoms with Gasteiger partial charge in [-0.15, -0.1) is 0 Å². The number of nitriles is 1. The lowest BCUT2D eigenvalue weighted by molar-refractivity contribution is -0.121. The van der Waals surface area contributed by atoms with E-state index >= 15 is 0 Å². The van der Waals surface area contributed by atoms with Gasteiger partial charge in [-0.25, -0.2) is 0 Å². The second kappa shape index (κ2) is 2.65. The molecule has 0 aromatic heterocycles. The standard InChI is InChI=1S/C5H7NO2/c6-1-2-8-5-3-7-4-5/h5H,2-4H2. The van der Waals surface area contributed by atoms with E-state index in [0.29, 0.717) is 13.2 Å². The van der Waals surface area contributed by atoms with Crippen LogP contribution in [0.3, 0.4) is 0 Å². The topological polar surface area (TPSA) is 42.2 Å². The Morgan fingerprint density at radius 2 is 2.50 bits per heavy atom. The second-order valence-electron chi connectivity index (χ2n) is 1.63. The van der Waals surface area contributed by atoms with E-state index < -0.39 is 0 Å². The molecule has 3 nitrogen and oxygen atoms in total. The van der Waals surface area contributed by atoms with E-state index in [-0.39, 0.29) is 12.7 Å². The van der Waals surface area contributed by atoms with E-state index in [1.807, 2.05) is 6.07 Å². The van der Waals surface area contributed by atoms with Crippen LogP contribution in [-0.2, 0) is 9.47 Å². The Morgan fingerprint density at radius 3 is 2.88 bits per heavy atom. The van der Waals surface area contributed by atoms with E-state index in [4.69, 9.17) is 14.7 Å². The summed E-state index contributed by atoms with van der Waals surface area (Å²) < 4.78 is 9.74. The highest BCUT2D eigenvalue weighted by molar-refractivity contribution is 4.71. The number of nitrogens with zero attached hydrogens (tertiary/aromatic N) is 1. The maximum absolute atomic E-state index is 8.02. The molecule has 0 amide bonds. The highest BCUT2D eigenvalue weighted by Gasteiger charge is 2.17. The molecule has 0 bridgehead atoms. The van der Waals surface area contributed by atoms with Crippen LogP contribution in [0.1, 0.15) is 0 Å². The molecule has 0 atom stereocenters. The minimum Gasteiger partial charge on any atom is -0.376 e. The van der Waals surface area contributed by atoms with Crippen LogP contribution in [-0.4, -0.2) is 25.9 Å². The van der Waals surface area contributed by atoms with Gasteiger partial charge in [-0.3, -0.25) is 0 Å². The summed E-state index contributed by atoms with van der Waals surface area (Å²) in [6.45, 7) is 1.50. The molecule has 1 saturated heterocycles. The van der Waals surface area contributed by atoms with Gasteiger partial charge >= 0.3 is 0 Å². The van der Waals surface area contributed by atoms with Gasteiger partial charge in [0.15, 0.2) is 0 Å². The molecule has 0 spiro atoms. The molecule has 0 saturated carbocycles. The molecule has 0 aromatic rings. The van der Waals surface area contributed by atoms with E-state index in [0.717, 1.165) is 0 Å².